The van der Waals surface area contributed by atoms with E-state index in [1.165, 1.54) is 0 Å². The van der Waals surface area contributed by atoms with Gasteiger partial charge in [0.1, 0.15) is 5.69 Å². The van der Waals surface area contributed by atoms with Crippen LogP contribution in [-0.4, -0.2) is 57.7 Å². The van der Waals surface area contributed by atoms with Gasteiger partial charge in [-0.1, -0.05) is 13.3 Å². The number of hydrogen-bond donors (Lipinski definition) is 0. The van der Waals surface area contributed by atoms with Crippen LogP contribution in [0.5, 0.6) is 0 Å². The lowest BCUT2D eigenvalue weighted by atomic mass is 10.1. The van der Waals surface area contributed by atoms with Crippen LogP contribution in [-0.2, 0) is 7.05 Å². The van der Waals surface area contributed by atoms with Crippen LogP contribution in [0.1, 0.15) is 35.9 Å². The maximum atomic E-state index is 12.5. The topological polar surface area (TPSA) is 65.2 Å². The van der Waals surface area contributed by atoms with Gasteiger partial charge in [-0.15, -0.1) is 0 Å². The first kappa shape index (κ1) is 15.5. The lowest BCUT2D eigenvalue weighted by Gasteiger charge is -2.36. The molecule has 1 saturated heterocycles. The first-order chi connectivity index (χ1) is 10.1. The zero-order valence-corrected chi connectivity index (χ0v) is 13.0. The van der Waals surface area contributed by atoms with Gasteiger partial charge in [0.15, 0.2) is 0 Å². The van der Waals surface area contributed by atoms with Gasteiger partial charge >= 0.3 is 0 Å². The molecule has 0 radical (unpaired) electrons. The first-order valence-electron chi connectivity index (χ1n) is 7.50. The number of aryl methyl sites for hydroxylation is 2. The van der Waals surface area contributed by atoms with Gasteiger partial charge in [-0.05, 0) is 19.4 Å². The van der Waals surface area contributed by atoms with E-state index in [1.807, 2.05) is 17.9 Å². The van der Waals surface area contributed by atoms with E-state index in [1.54, 1.807) is 11.7 Å². The van der Waals surface area contributed by atoms with E-state index >= 15 is 0 Å². The Kier molecular flexibility index (Phi) is 4.97. The van der Waals surface area contributed by atoms with Crippen LogP contribution < -0.4 is 0 Å². The minimum Gasteiger partial charge on any atom is -0.335 e. The molecule has 1 amide bonds. The van der Waals surface area contributed by atoms with Crippen LogP contribution in [0.25, 0.3) is 0 Å². The molecule has 1 aliphatic heterocycles. The molecule has 1 aromatic heterocycles. The van der Waals surface area contributed by atoms with Gasteiger partial charge in [0.25, 0.3) is 5.91 Å². The summed E-state index contributed by atoms with van der Waals surface area (Å²) < 4.78 is 1.64. The second-order valence-electron chi connectivity index (χ2n) is 5.56. The minimum absolute atomic E-state index is 0.0220. The van der Waals surface area contributed by atoms with Gasteiger partial charge in [0, 0.05) is 33.2 Å². The van der Waals surface area contributed by atoms with Gasteiger partial charge in [0.05, 0.1) is 17.8 Å². The number of nitriles is 1. The summed E-state index contributed by atoms with van der Waals surface area (Å²) in [6.45, 7) is 6.85. The molecule has 114 valence electrons. The highest BCUT2D eigenvalue weighted by Crippen LogP contribution is 2.13. The fraction of sp³-hybridized carbons (Fsp3) is 0.667. The standard InChI is InChI=1S/C15H23N5O/c1-4-5-13(11-16)19-6-8-20(9-7-19)15(21)14-10-12(2)17-18(14)3/h10,13H,4-9H2,1-3H3. The molecule has 0 spiro atoms. The summed E-state index contributed by atoms with van der Waals surface area (Å²) in [5, 5.41) is 13.4. The van der Waals surface area contributed by atoms with Crippen molar-refractivity contribution in [2.24, 2.45) is 7.05 Å². The molecule has 1 unspecified atom stereocenters. The largest absolute Gasteiger partial charge is 0.335 e. The Bertz CT molecular complexity index is 537. The Labute approximate surface area is 125 Å². The molecule has 0 aromatic carbocycles. The summed E-state index contributed by atoms with van der Waals surface area (Å²) >= 11 is 0. The summed E-state index contributed by atoms with van der Waals surface area (Å²) in [5.74, 6) is 0.0294. The number of hydrogen-bond acceptors (Lipinski definition) is 4. The summed E-state index contributed by atoms with van der Waals surface area (Å²) in [6.07, 6.45) is 1.90. The molecular weight excluding hydrogens is 266 g/mol. The fourth-order valence-electron chi connectivity index (χ4n) is 2.81. The van der Waals surface area contributed by atoms with E-state index < -0.39 is 0 Å². The summed E-state index contributed by atoms with van der Waals surface area (Å²) in [5.41, 5.74) is 1.48. The van der Waals surface area contributed by atoms with Crippen molar-refractivity contribution in [2.45, 2.75) is 32.7 Å². The third kappa shape index (κ3) is 3.42. The number of nitrogens with zero attached hydrogens (tertiary/aromatic N) is 5. The summed E-state index contributed by atoms with van der Waals surface area (Å²) in [7, 11) is 1.80. The van der Waals surface area contributed by atoms with Crippen molar-refractivity contribution in [2.75, 3.05) is 26.2 Å². The van der Waals surface area contributed by atoms with Crippen LogP contribution in [0.15, 0.2) is 6.07 Å². The lowest BCUT2D eigenvalue weighted by molar-refractivity contribution is 0.0591. The third-order valence-corrected chi connectivity index (χ3v) is 3.97. The van der Waals surface area contributed by atoms with E-state index in [4.69, 9.17) is 0 Å². The third-order valence-electron chi connectivity index (χ3n) is 3.97. The molecule has 6 heteroatoms. The maximum absolute atomic E-state index is 12.5. The Morgan fingerprint density at radius 3 is 2.57 bits per heavy atom. The van der Waals surface area contributed by atoms with E-state index in [0.29, 0.717) is 18.8 Å². The Morgan fingerprint density at radius 1 is 1.43 bits per heavy atom. The summed E-state index contributed by atoms with van der Waals surface area (Å²) in [6, 6.07) is 4.17. The van der Waals surface area contributed by atoms with Crippen LogP contribution in [0.3, 0.4) is 0 Å². The maximum Gasteiger partial charge on any atom is 0.272 e. The van der Waals surface area contributed by atoms with Crippen LogP contribution in [0, 0.1) is 18.3 Å². The minimum atomic E-state index is -0.0220. The zero-order chi connectivity index (χ0) is 15.4. The van der Waals surface area contributed by atoms with Crippen molar-refractivity contribution in [3.8, 4) is 6.07 Å². The summed E-state index contributed by atoms with van der Waals surface area (Å²) in [4.78, 5) is 16.5. The highest BCUT2D eigenvalue weighted by molar-refractivity contribution is 5.92. The van der Waals surface area contributed by atoms with Crippen molar-refractivity contribution in [1.29, 1.82) is 5.26 Å². The molecule has 6 nitrogen and oxygen atoms in total. The molecule has 21 heavy (non-hydrogen) atoms. The molecule has 0 N–H and O–H groups in total. The SMILES string of the molecule is CCCC(C#N)N1CCN(C(=O)c2cc(C)nn2C)CC1. The molecule has 2 rings (SSSR count). The highest BCUT2D eigenvalue weighted by atomic mass is 16.2. The molecule has 1 atom stereocenters. The molecule has 0 aliphatic carbocycles. The smallest absolute Gasteiger partial charge is 0.272 e. The monoisotopic (exact) mass is 289 g/mol. The van der Waals surface area contributed by atoms with E-state index in [-0.39, 0.29) is 11.9 Å². The quantitative estimate of drug-likeness (QED) is 0.835. The number of rotatable bonds is 4. The van der Waals surface area contributed by atoms with Crippen molar-refractivity contribution >= 4 is 5.91 Å². The Balaban J connectivity index is 1.96. The average Bonchev–Trinajstić information content (AvgIpc) is 2.83. The number of carbonyl (C=O) groups excluding carboxylic acids is 1. The molecule has 0 saturated carbocycles. The van der Waals surface area contributed by atoms with Crippen molar-refractivity contribution in [3.05, 3.63) is 17.5 Å². The fourth-order valence-corrected chi connectivity index (χ4v) is 2.81. The van der Waals surface area contributed by atoms with Crippen LogP contribution in [0.4, 0.5) is 0 Å². The number of piperazine rings is 1. The predicted molar refractivity (Wildman–Crippen MR) is 79.7 cm³/mol. The second kappa shape index (κ2) is 6.72. The normalized spacial score (nSPS) is 17.5. The number of carbonyl (C=O) groups is 1. The van der Waals surface area contributed by atoms with Crippen LogP contribution in [0.2, 0.25) is 0 Å². The lowest BCUT2D eigenvalue weighted by Crippen LogP contribution is -2.51. The van der Waals surface area contributed by atoms with Crippen LogP contribution >= 0.6 is 0 Å². The second-order valence-corrected chi connectivity index (χ2v) is 5.56. The van der Waals surface area contributed by atoms with Gasteiger partial charge in [-0.2, -0.15) is 10.4 Å². The van der Waals surface area contributed by atoms with Crippen molar-refractivity contribution < 1.29 is 4.79 Å². The Hall–Kier alpha value is -1.87. The Morgan fingerprint density at radius 2 is 2.10 bits per heavy atom. The van der Waals surface area contributed by atoms with Crippen molar-refractivity contribution in [1.82, 2.24) is 19.6 Å². The van der Waals surface area contributed by atoms with E-state index in [2.05, 4.69) is 23.0 Å². The van der Waals surface area contributed by atoms with E-state index in [0.717, 1.165) is 31.6 Å². The molecule has 2 heterocycles. The molecule has 0 bridgehead atoms. The van der Waals surface area contributed by atoms with E-state index in [9.17, 15) is 10.1 Å². The highest BCUT2D eigenvalue weighted by Gasteiger charge is 2.27. The molecular formula is C15H23N5O. The molecule has 1 fully saturated rings. The van der Waals surface area contributed by atoms with Gasteiger partial charge in [0.2, 0.25) is 0 Å². The average molecular weight is 289 g/mol. The number of amides is 1. The number of aromatic nitrogens is 2. The predicted octanol–water partition coefficient (Wildman–Crippen LogP) is 1.18. The zero-order valence-electron chi connectivity index (χ0n) is 13.0. The molecule has 1 aliphatic rings. The van der Waals surface area contributed by atoms with Gasteiger partial charge in [-0.3, -0.25) is 14.4 Å². The first-order valence-corrected chi connectivity index (χ1v) is 7.50. The van der Waals surface area contributed by atoms with Crippen molar-refractivity contribution in [3.63, 3.8) is 0 Å². The van der Waals surface area contributed by atoms with Gasteiger partial charge in [-0.25, -0.2) is 0 Å². The molecule has 1 aromatic rings. The van der Waals surface area contributed by atoms with Gasteiger partial charge < -0.3 is 4.90 Å².